The Balaban J connectivity index is 1.22. The van der Waals surface area contributed by atoms with Crippen LogP contribution in [0.15, 0.2) is 166 Å². The number of hydrogen-bond donors (Lipinski definition) is 1. The summed E-state index contributed by atoms with van der Waals surface area (Å²) >= 11 is 1.77. The van der Waals surface area contributed by atoms with Gasteiger partial charge in [0.15, 0.2) is 5.84 Å². The molecule has 0 radical (unpaired) electrons. The number of hydrogen-bond acceptors (Lipinski definition) is 2. The molecule has 0 aliphatic heterocycles. The van der Waals surface area contributed by atoms with Crippen LogP contribution in [0.1, 0.15) is 24.0 Å². The second kappa shape index (κ2) is 14.0. The number of nitrogens with two attached hydrogens (primary N) is 1. The monoisotopic (exact) mass is 589 g/mol. The highest BCUT2D eigenvalue weighted by atomic mass is 32.2. The van der Waals surface area contributed by atoms with E-state index >= 15 is 0 Å². The van der Waals surface area contributed by atoms with E-state index in [1.165, 1.54) is 27.1 Å². The summed E-state index contributed by atoms with van der Waals surface area (Å²) in [5, 5.41) is 0. The van der Waals surface area contributed by atoms with E-state index in [4.69, 9.17) is 15.7 Å². The summed E-state index contributed by atoms with van der Waals surface area (Å²) in [6, 6.07) is 44.5. The minimum absolute atomic E-state index is 0.456. The van der Waals surface area contributed by atoms with Crippen molar-refractivity contribution in [2.45, 2.75) is 24.3 Å². The zero-order chi connectivity index (χ0) is 30.1. The van der Waals surface area contributed by atoms with Crippen LogP contribution in [-0.4, -0.2) is 17.9 Å². The fraction of sp³-hybridized carbons (Fsp3) is 0.100. The lowest BCUT2D eigenvalue weighted by molar-refractivity contribution is 1.02. The van der Waals surface area contributed by atoms with E-state index in [9.17, 15) is 0 Å². The molecule has 5 aromatic carbocycles. The maximum atomic E-state index is 6.59. The lowest BCUT2D eigenvalue weighted by Crippen LogP contribution is -2.17. The van der Waals surface area contributed by atoms with Crippen LogP contribution in [0.2, 0.25) is 0 Å². The van der Waals surface area contributed by atoms with E-state index in [0.717, 1.165) is 40.7 Å². The van der Waals surface area contributed by atoms with E-state index in [1.54, 1.807) is 11.8 Å². The summed E-state index contributed by atoms with van der Waals surface area (Å²) in [6.07, 6.45) is 10.6. The fourth-order valence-corrected chi connectivity index (χ4v) is 5.97. The van der Waals surface area contributed by atoms with Gasteiger partial charge in [0.25, 0.3) is 0 Å². The van der Waals surface area contributed by atoms with Crippen LogP contribution < -0.4 is 5.73 Å². The van der Waals surface area contributed by atoms with E-state index in [-0.39, 0.29) is 0 Å². The van der Waals surface area contributed by atoms with Crippen molar-refractivity contribution in [2.75, 3.05) is 6.26 Å². The predicted molar refractivity (Wildman–Crippen MR) is 189 cm³/mol. The van der Waals surface area contributed by atoms with Crippen molar-refractivity contribution < 1.29 is 0 Å². The molecule has 5 aromatic rings. The number of aliphatic imine (C=N–C) groups is 2. The Hall–Kier alpha value is -4.93. The second-order valence-electron chi connectivity index (χ2n) is 10.7. The van der Waals surface area contributed by atoms with Crippen molar-refractivity contribution in [1.82, 2.24) is 0 Å². The van der Waals surface area contributed by atoms with Gasteiger partial charge in [-0.1, -0.05) is 133 Å². The molecule has 216 valence electrons. The van der Waals surface area contributed by atoms with Gasteiger partial charge in [-0.25, -0.2) is 4.99 Å². The number of thioether (sulfide) groups is 1. The summed E-state index contributed by atoms with van der Waals surface area (Å²) in [7, 11) is 0. The van der Waals surface area contributed by atoms with Crippen molar-refractivity contribution in [2.24, 2.45) is 15.7 Å². The molecule has 1 aliphatic rings. The first-order valence-electron chi connectivity index (χ1n) is 14.9. The molecule has 0 fully saturated rings. The van der Waals surface area contributed by atoms with Gasteiger partial charge in [-0.2, -0.15) is 0 Å². The van der Waals surface area contributed by atoms with Crippen molar-refractivity contribution in [3.8, 4) is 33.4 Å². The van der Waals surface area contributed by atoms with Crippen LogP contribution in [-0.2, 0) is 6.54 Å². The van der Waals surface area contributed by atoms with Crippen LogP contribution in [0.25, 0.3) is 33.4 Å². The van der Waals surface area contributed by atoms with Crippen LogP contribution in [0.5, 0.6) is 0 Å². The molecule has 0 amide bonds. The topological polar surface area (TPSA) is 50.7 Å². The van der Waals surface area contributed by atoms with Gasteiger partial charge in [0.05, 0.1) is 6.54 Å². The van der Waals surface area contributed by atoms with Crippen molar-refractivity contribution in [3.05, 3.63) is 162 Å². The molecule has 0 atom stereocenters. The number of rotatable bonds is 8. The Morgan fingerprint density at radius 3 is 2.07 bits per heavy atom. The second-order valence-corrected chi connectivity index (χ2v) is 11.5. The number of benzene rings is 5. The highest BCUT2D eigenvalue weighted by molar-refractivity contribution is 7.98. The molecule has 0 heterocycles. The molecule has 0 unspecified atom stereocenters. The van der Waals surface area contributed by atoms with Gasteiger partial charge < -0.3 is 5.73 Å². The number of amidine groups is 2. The van der Waals surface area contributed by atoms with Gasteiger partial charge in [-0.05, 0) is 70.2 Å². The zero-order valence-electron chi connectivity index (χ0n) is 24.9. The normalized spacial score (nSPS) is 13.5. The van der Waals surface area contributed by atoms with Crippen molar-refractivity contribution in [1.29, 1.82) is 0 Å². The molecule has 2 N–H and O–H groups in total. The number of nitrogens with zero attached hydrogens (tertiary/aromatic N) is 2. The molecule has 0 spiro atoms. The zero-order valence-corrected chi connectivity index (χ0v) is 25.7. The minimum atomic E-state index is 0.456. The molecule has 44 heavy (non-hydrogen) atoms. The Kier molecular flexibility index (Phi) is 9.29. The average molecular weight is 590 g/mol. The average Bonchev–Trinajstić information content (AvgIpc) is 3.11. The molecular formula is C40H35N3S. The Morgan fingerprint density at radius 2 is 1.34 bits per heavy atom. The summed E-state index contributed by atoms with van der Waals surface area (Å²) in [6.45, 7) is 0.522. The molecule has 3 nitrogen and oxygen atoms in total. The quantitative estimate of drug-likeness (QED) is 0.111. The van der Waals surface area contributed by atoms with Gasteiger partial charge in [0, 0.05) is 16.0 Å². The molecule has 0 saturated heterocycles. The highest BCUT2D eigenvalue weighted by Crippen LogP contribution is 2.31. The first-order valence-corrected chi connectivity index (χ1v) is 16.1. The molecule has 0 aromatic heterocycles. The van der Waals surface area contributed by atoms with Crippen molar-refractivity contribution >= 4 is 23.4 Å². The van der Waals surface area contributed by atoms with E-state index in [0.29, 0.717) is 18.2 Å². The van der Waals surface area contributed by atoms with E-state index in [1.807, 2.05) is 18.2 Å². The van der Waals surface area contributed by atoms with Crippen LogP contribution in [0.4, 0.5) is 0 Å². The lowest BCUT2D eigenvalue weighted by Gasteiger charge is -2.10. The van der Waals surface area contributed by atoms with Crippen LogP contribution >= 0.6 is 11.8 Å². The van der Waals surface area contributed by atoms with Crippen molar-refractivity contribution in [3.63, 3.8) is 0 Å². The third kappa shape index (κ3) is 6.99. The van der Waals surface area contributed by atoms with E-state index < -0.39 is 0 Å². The molecule has 4 heteroatoms. The lowest BCUT2D eigenvalue weighted by atomic mass is 9.99. The number of allylic oxidation sites excluding steroid dienone is 2. The molecule has 1 aliphatic carbocycles. The summed E-state index contributed by atoms with van der Waals surface area (Å²) in [4.78, 5) is 11.1. The first kappa shape index (κ1) is 29.2. The van der Waals surface area contributed by atoms with Gasteiger partial charge in [-0.15, -0.1) is 11.8 Å². The smallest absolute Gasteiger partial charge is 0.156 e. The van der Waals surface area contributed by atoms with Gasteiger partial charge in [-0.3, -0.25) is 4.99 Å². The Morgan fingerprint density at radius 1 is 0.682 bits per heavy atom. The largest absolute Gasteiger partial charge is 0.383 e. The van der Waals surface area contributed by atoms with E-state index in [2.05, 4.69) is 134 Å². The maximum absolute atomic E-state index is 6.59. The Bertz CT molecular complexity index is 1850. The third-order valence-corrected chi connectivity index (χ3v) is 8.54. The summed E-state index contributed by atoms with van der Waals surface area (Å²) in [5.74, 6) is 1.12. The molecule has 0 bridgehead atoms. The van der Waals surface area contributed by atoms with Crippen LogP contribution in [0.3, 0.4) is 0 Å². The summed E-state index contributed by atoms with van der Waals surface area (Å²) < 4.78 is 0. The SMILES string of the molecule is CSc1ccccc1-c1ccc(-c2ccc(C(N)=NC(=NCc3cccc(-c4ccccc4)c3)C3=CCCC=C3)cc2)cc1. The van der Waals surface area contributed by atoms with Gasteiger partial charge >= 0.3 is 0 Å². The first-order chi connectivity index (χ1) is 21.7. The third-order valence-electron chi connectivity index (χ3n) is 7.74. The van der Waals surface area contributed by atoms with Gasteiger partial charge in [0.1, 0.15) is 5.84 Å². The fourth-order valence-electron chi connectivity index (χ4n) is 5.35. The molecular weight excluding hydrogens is 555 g/mol. The molecule has 6 rings (SSSR count). The predicted octanol–water partition coefficient (Wildman–Crippen LogP) is 9.99. The highest BCUT2D eigenvalue weighted by Gasteiger charge is 2.10. The maximum Gasteiger partial charge on any atom is 0.156 e. The molecule has 0 saturated carbocycles. The minimum Gasteiger partial charge on any atom is -0.383 e. The van der Waals surface area contributed by atoms with Crippen LogP contribution in [0, 0.1) is 0 Å². The Labute approximate surface area is 264 Å². The standard InChI is InChI=1S/C40H35N3S/c1-44-38-18-9-8-17-37(38)33-23-19-31(20-24-33)32-21-25-34(26-22-32)39(41)43-40(35-14-6-3-7-15-35)42-28-29-11-10-16-36(27-29)30-12-4-2-5-13-30/h2,4-6,8-27H,3,7,28H2,1H3,(H2,41,42,43). The summed E-state index contributed by atoms with van der Waals surface area (Å²) in [5.41, 5.74) is 16.8. The van der Waals surface area contributed by atoms with Gasteiger partial charge in [0.2, 0.25) is 0 Å².